The molecule has 0 saturated heterocycles. The van der Waals surface area contributed by atoms with Gasteiger partial charge in [-0.25, -0.2) is 0 Å². The van der Waals surface area contributed by atoms with Gasteiger partial charge >= 0.3 is 0 Å². The van der Waals surface area contributed by atoms with Crippen molar-refractivity contribution >= 4 is 5.82 Å². The molecule has 12 heavy (non-hydrogen) atoms. The van der Waals surface area contributed by atoms with Crippen LogP contribution in [-0.4, -0.2) is 43.2 Å². The Bertz CT molecular complexity index is 217. The van der Waals surface area contributed by atoms with Crippen LogP contribution in [0.25, 0.3) is 0 Å². The Morgan fingerprint density at radius 1 is 1.50 bits per heavy atom. The fourth-order valence-corrected chi connectivity index (χ4v) is 0.645. The van der Waals surface area contributed by atoms with E-state index in [1.807, 2.05) is 0 Å². The summed E-state index contributed by atoms with van der Waals surface area (Å²) in [6.07, 6.45) is 1.23. The Labute approximate surface area is 68.0 Å². The van der Waals surface area contributed by atoms with Gasteiger partial charge in [-0.3, -0.25) is 0 Å². The van der Waals surface area contributed by atoms with Crippen LogP contribution >= 0.6 is 0 Å². The Kier molecular flexibility index (Phi) is 2.58. The van der Waals surface area contributed by atoms with Gasteiger partial charge in [0.2, 0.25) is 0 Å². The zero-order chi connectivity index (χ0) is 9.03. The molecule has 5 N–H and O–H groups in total. The van der Waals surface area contributed by atoms with Crippen LogP contribution in [0.2, 0.25) is 0 Å². The third kappa shape index (κ3) is 3.28. The quantitative estimate of drug-likeness (QED) is 0.345. The first-order chi connectivity index (χ1) is 5.58. The molecule has 0 spiro atoms. The summed E-state index contributed by atoms with van der Waals surface area (Å²) in [6, 6.07) is 0. The van der Waals surface area contributed by atoms with E-state index < -0.39 is 5.97 Å². The van der Waals surface area contributed by atoms with E-state index in [1.165, 1.54) is 6.20 Å². The van der Waals surface area contributed by atoms with Gasteiger partial charge in [0, 0.05) is 13.0 Å². The van der Waals surface area contributed by atoms with Crippen LogP contribution in [0.15, 0.2) is 6.20 Å². The largest absolute Gasteiger partial charge is 0.367 e. The second-order valence-electron chi connectivity index (χ2n) is 2.31. The Hall–Kier alpha value is -1.18. The summed E-state index contributed by atoms with van der Waals surface area (Å²) in [5.74, 6) is -2.14. The summed E-state index contributed by atoms with van der Waals surface area (Å²) < 4.78 is 0. The van der Waals surface area contributed by atoms with Crippen LogP contribution in [0.4, 0.5) is 5.82 Å². The molecule has 68 valence electrons. The molecule has 0 aliphatic carbocycles. The van der Waals surface area contributed by atoms with E-state index >= 15 is 0 Å². The molecule has 1 heterocycles. The maximum absolute atomic E-state index is 8.47. The van der Waals surface area contributed by atoms with Crippen LogP contribution in [-0.2, 0) is 0 Å². The zero-order valence-corrected chi connectivity index (χ0v) is 6.23. The van der Waals surface area contributed by atoms with Crippen LogP contribution < -0.4 is 5.32 Å². The molecule has 0 aromatic carbocycles. The van der Waals surface area contributed by atoms with Crippen LogP contribution in [0.3, 0.4) is 0 Å². The molecule has 0 aliphatic heterocycles. The summed E-state index contributed by atoms with van der Waals surface area (Å²) in [5, 5.41) is 37.6. The molecule has 0 atom stereocenters. The number of nitrogens with one attached hydrogen (secondary N) is 2. The number of aromatic amines is 1. The lowest BCUT2D eigenvalue weighted by Gasteiger charge is -2.13. The summed E-state index contributed by atoms with van der Waals surface area (Å²) >= 11 is 0. The molecule has 0 amide bonds. The van der Waals surface area contributed by atoms with E-state index in [2.05, 4.69) is 20.7 Å². The molecule has 1 aromatic heterocycles. The lowest BCUT2D eigenvalue weighted by atomic mass is 10.4. The van der Waals surface area contributed by atoms with Crippen molar-refractivity contribution in [3.05, 3.63) is 6.20 Å². The van der Waals surface area contributed by atoms with Crippen molar-refractivity contribution < 1.29 is 15.3 Å². The molecule has 0 radical (unpaired) electrons. The Morgan fingerprint density at radius 3 is 2.75 bits per heavy atom. The van der Waals surface area contributed by atoms with E-state index in [4.69, 9.17) is 15.3 Å². The molecule has 0 fully saturated rings. The molecule has 0 unspecified atom stereocenters. The van der Waals surface area contributed by atoms with Gasteiger partial charge in [0.15, 0.2) is 5.82 Å². The van der Waals surface area contributed by atoms with Gasteiger partial charge in [0.25, 0.3) is 5.97 Å². The number of aromatic nitrogens is 3. The van der Waals surface area contributed by atoms with E-state index in [0.717, 1.165) is 0 Å². The summed E-state index contributed by atoms with van der Waals surface area (Å²) in [7, 11) is 0. The van der Waals surface area contributed by atoms with Gasteiger partial charge in [0.05, 0.1) is 6.20 Å². The Balaban J connectivity index is 2.20. The number of nitrogens with zero attached hydrogens (tertiary/aromatic N) is 2. The molecule has 1 rings (SSSR count). The minimum Gasteiger partial charge on any atom is -0.367 e. The van der Waals surface area contributed by atoms with Crippen LogP contribution in [0.5, 0.6) is 0 Å². The van der Waals surface area contributed by atoms with Crippen molar-refractivity contribution in [3.8, 4) is 0 Å². The van der Waals surface area contributed by atoms with Crippen molar-refractivity contribution in [1.82, 2.24) is 15.4 Å². The second kappa shape index (κ2) is 3.48. The first kappa shape index (κ1) is 8.91. The molecular weight excluding hydrogens is 164 g/mol. The number of H-pyrrole nitrogens is 1. The fraction of sp³-hybridized carbons (Fsp3) is 0.600. The smallest absolute Gasteiger partial charge is 0.277 e. The van der Waals surface area contributed by atoms with Gasteiger partial charge in [-0.1, -0.05) is 0 Å². The van der Waals surface area contributed by atoms with Crippen LogP contribution in [0.1, 0.15) is 6.42 Å². The molecule has 7 nitrogen and oxygen atoms in total. The number of hydrogen-bond donors (Lipinski definition) is 5. The van der Waals surface area contributed by atoms with Crippen molar-refractivity contribution in [3.63, 3.8) is 0 Å². The van der Waals surface area contributed by atoms with Gasteiger partial charge in [0.1, 0.15) is 0 Å². The van der Waals surface area contributed by atoms with Crippen molar-refractivity contribution in [1.29, 1.82) is 0 Å². The zero-order valence-electron chi connectivity index (χ0n) is 6.23. The Morgan fingerprint density at radius 2 is 2.25 bits per heavy atom. The van der Waals surface area contributed by atoms with Crippen molar-refractivity contribution in [2.24, 2.45) is 0 Å². The van der Waals surface area contributed by atoms with Gasteiger partial charge in [-0.2, -0.15) is 10.3 Å². The minimum absolute atomic E-state index is 0.191. The standard InChI is InChI=1S/C5H10N4O3/c10-5(11,12)1-2-6-4-3-7-9-8-4/h3,10-12H,1-2H2,(H2,6,7,8,9). The molecular formula is C5H10N4O3. The third-order valence-corrected chi connectivity index (χ3v) is 1.18. The topological polar surface area (TPSA) is 114 Å². The van der Waals surface area contributed by atoms with E-state index in [1.54, 1.807) is 0 Å². The monoisotopic (exact) mass is 174 g/mol. The van der Waals surface area contributed by atoms with E-state index in [0.29, 0.717) is 5.82 Å². The maximum atomic E-state index is 8.47. The molecule has 7 heteroatoms. The SMILES string of the molecule is OC(O)(O)CCNc1cn[nH]n1. The van der Waals surface area contributed by atoms with Gasteiger partial charge in [-0.05, 0) is 0 Å². The number of aliphatic hydroxyl groups is 3. The van der Waals surface area contributed by atoms with Crippen molar-refractivity contribution in [2.75, 3.05) is 11.9 Å². The molecule has 0 aliphatic rings. The molecule has 0 bridgehead atoms. The first-order valence-electron chi connectivity index (χ1n) is 3.35. The first-order valence-corrected chi connectivity index (χ1v) is 3.35. The highest BCUT2D eigenvalue weighted by atomic mass is 16.7. The third-order valence-electron chi connectivity index (χ3n) is 1.18. The minimum atomic E-state index is -2.63. The maximum Gasteiger partial charge on any atom is 0.277 e. The van der Waals surface area contributed by atoms with Crippen LogP contribution in [0, 0.1) is 0 Å². The average Bonchev–Trinajstić information content (AvgIpc) is 2.36. The number of hydrogen-bond acceptors (Lipinski definition) is 6. The highest BCUT2D eigenvalue weighted by molar-refractivity contribution is 5.28. The normalized spacial score (nSPS) is 11.6. The summed E-state index contributed by atoms with van der Waals surface area (Å²) in [4.78, 5) is 0. The van der Waals surface area contributed by atoms with E-state index in [9.17, 15) is 0 Å². The average molecular weight is 174 g/mol. The highest BCUT2D eigenvalue weighted by Gasteiger charge is 2.16. The van der Waals surface area contributed by atoms with Crippen molar-refractivity contribution in [2.45, 2.75) is 12.4 Å². The summed E-state index contributed by atoms with van der Waals surface area (Å²) in [5.41, 5.74) is 0. The highest BCUT2D eigenvalue weighted by Crippen LogP contribution is 2.01. The predicted molar refractivity (Wildman–Crippen MR) is 38.9 cm³/mol. The predicted octanol–water partition coefficient (Wildman–Crippen LogP) is -1.76. The lowest BCUT2D eigenvalue weighted by Crippen LogP contribution is -2.29. The fourth-order valence-electron chi connectivity index (χ4n) is 0.645. The van der Waals surface area contributed by atoms with Gasteiger partial charge < -0.3 is 20.6 Å². The lowest BCUT2D eigenvalue weighted by molar-refractivity contribution is -0.312. The second-order valence-corrected chi connectivity index (χ2v) is 2.31. The number of rotatable bonds is 4. The van der Waals surface area contributed by atoms with Gasteiger partial charge in [-0.15, -0.1) is 5.10 Å². The summed E-state index contributed by atoms with van der Waals surface area (Å²) in [6.45, 7) is 0.191. The molecule has 1 aromatic rings. The van der Waals surface area contributed by atoms with E-state index in [-0.39, 0.29) is 13.0 Å². The molecule has 0 saturated carbocycles. The number of anilines is 1.